The van der Waals surface area contributed by atoms with Gasteiger partial charge in [0, 0.05) is 39.1 Å². The lowest BCUT2D eigenvalue weighted by atomic mass is 10.2. The van der Waals surface area contributed by atoms with Crippen molar-refractivity contribution in [3.8, 4) is 0 Å². The SMILES string of the molecule is O=C(CN1CCCC1=O)N1CCN(C(=O)c2ccco2)CC1. The van der Waals surface area contributed by atoms with Crippen molar-refractivity contribution in [3.63, 3.8) is 0 Å². The summed E-state index contributed by atoms with van der Waals surface area (Å²) in [4.78, 5) is 40.9. The van der Waals surface area contributed by atoms with Crippen LogP contribution in [0.1, 0.15) is 23.4 Å². The van der Waals surface area contributed by atoms with E-state index in [1.54, 1.807) is 26.8 Å². The number of likely N-dealkylation sites (tertiary alicyclic amines) is 1. The predicted octanol–water partition coefficient (Wildman–Crippen LogP) is 0.186. The van der Waals surface area contributed by atoms with Gasteiger partial charge in [-0.15, -0.1) is 0 Å². The molecule has 3 amide bonds. The van der Waals surface area contributed by atoms with E-state index >= 15 is 0 Å². The first-order valence-corrected chi connectivity index (χ1v) is 7.53. The summed E-state index contributed by atoms with van der Waals surface area (Å²) in [5, 5.41) is 0. The third kappa shape index (κ3) is 2.98. The van der Waals surface area contributed by atoms with Gasteiger partial charge in [-0.1, -0.05) is 0 Å². The van der Waals surface area contributed by atoms with Crippen molar-refractivity contribution < 1.29 is 18.8 Å². The van der Waals surface area contributed by atoms with E-state index < -0.39 is 0 Å². The molecule has 118 valence electrons. The molecule has 0 saturated carbocycles. The van der Waals surface area contributed by atoms with E-state index in [1.165, 1.54) is 6.26 Å². The number of piperazine rings is 1. The van der Waals surface area contributed by atoms with Crippen LogP contribution in [0.2, 0.25) is 0 Å². The van der Waals surface area contributed by atoms with Crippen molar-refractivity contribution in [3.05, 3.63) is 24.2 Å². The smallest absolute Gasteiger partial charge is 0.289 e. The first-order chi connectivity index (χ1) is 10.6. The lowest BCUT2D eigenvalue weighted by Gasteiger charge is -2.35. The average Bonchev–Trinajstić information content (AvgIpc) is 3.19. The van der Waals surface area contributed by atoms with Crippen LogP contribution in [0.3, 0.4) is 0 Å². The molecule has 0 unspecified atom stereocenters. The van der Waals surface area contributed by atoms with Gasteiger partial charge in [0.05, 0.1) is 12.8 Å². The van der Waals surface area contributed by atoms with E-state index in [4.69, 9.17) is 4.42 Å². The van der Waals surface area contributed by atoms with Crippen LogP contribution in [0.15, 0.2) is 22.8 Å². The molecule has 1 aromatic rings. The summed E-state index contributed by atoms with van der Waals surface area (Å²) in [5.41, 5.74) is 0. The largest absolute Gasteiger partial charge is 0.459 e. The second-order valence-electron chi connectivity index (χ2n) is 5.57. The number of rotatable bonds is 3. The van der Waals surface area contributed by atoms with E-state index in [1.807, 2.05) is 0 Å². The molecule has 2 saturated heterocycles. The standard InChI is InChI=1S/C15H19N3O4/c19-13-4-1-5-18(13)11-14(20)16-6-8-17(9-7-16)15(21)12-3-2-10-22-12/h2-3,10H,1,4-9,11H2. The van der Waals surface area contributed by atoms with Crippen molar-refractivity contribution >= 4 is 17.7 Å². The quantitative estimate of drug-likeness (QED) is 0.799. The summed E-state index contributed by atoms with van der Waals surface area (Å²) in [6, 6.07) is 3.32. The zero-order valence-electron chi connectivity index (χ0n) is 12.4. The molecule has 0 aliphatic carbocycles. The van der Waals surface area contributed by atoms with Crippen molar-refractivity contribution in [1.29, 1.82) is 0 Å². The number of furan rings is 1. The molecule has 0 spiro atoms. The summed E-state index contributed by atoms with van der Waals surface area (Å²) in [7, 11) is 0. The molecule has 0 radical (unpaired) electrons. The maximum absolute atomic E-state index is 12.2. The molecule has 0 aromatic carbocycles. The summed E-state index contributed by atoms with van der Waals surface area (Å²) in [6.07, 6.45) is 2.84. The Bertz CT molecular complexity index is 561. The van der Waals surface area contributed by atoms with Gasteiger partial charge in [0.25, 0.3) is 5.91 Å². The van der Waals surface area contributed by atoms with Crippen molar-refractivity contribution in [1.82, 2.24) is 14.7 Å². The van der Waals surface area contributed by atoms with Crippen LogP contribution in [-0.2, 0) is 9.59 Å². The summed E-state index contributed by atoms with van der Waals surface area (Å²) in [5.74, 6) is 0.189. The van der Waals surface area contributed by atoms with E-state index in [2.05, 4.69) is 0 Å². The van der Waals surface area contributed by atoms with Gasteiger partial charge in [-0.3, -0.25) is 14.4 Å². The van der Waals surface area contributed by atoms with Gasteiger partial charge in [-0.25, -0.2) is 0 Å². The Kier molecular flexibility index (Phi) is 4.13. The molecular formula is C15H19N3O4. The minimum Gasteiger partial charge on any atom is -0.459 e. The second-order valence-corrected chi connectivity index (χ2v) is 5.57. The van der Waals surface area contributed by atoms with Crippen molar-refractivity contribution in [2.75, 3.05) is 39.3 Å². The van der Waals surface area contributed by atoms with Gasteiger partial charge in [0.1, 0.15) is 0 Å². The summed E-state index contributed by atoms with van der Waals surface area (Å²) >= 11 is 0. The van der Waals surface area contributed by atoms with Gasteiger partial charge >= 0.3 is 0 Å². The Hall–Kier alpha value is -2.31. The Labute approximate surface area is 128 Å². The van der Waals surface area contributed by atoms with E-state index in [0.29, 0.717) is 44.9 Å². The normalized spacial score (nSPS) is 18.9. The fourth-order valence-corrected chi connectivity index (χ4v) is 2.85. The average molecular weight is 305 g/mol. The fraction of sp³-hybridized carbons (Fsp3) is 0.533. The van der Waals surface area contributed by atoms with Crippen molar-refractivity contribution in [2.24, 2.45) is 0 Å². The van der Waals surface area contributed by atoms with Crippen molar-refractivity contribution in [2.45, 2.75) is 12.8 Å². The number of hydrogen-bond donors (Lipinski definition) is 0. The molecular weight excluding hydrogens is 286 g/mol. The molecule has 2 aliphatic rings. The first-order valence-electron chi connectivity index (χ1n) is 7.53. The van der Waals surface area contributed by atoms with Gasteiger partial charge in [-0.05, 0) is 18.6 Å². The first kappa shape index (κ1) is 14.6. The predicted molar refractivity (Wildman–Crippen MR) is 77.0 cm³/mol. The Morgan fingerprint density at radius 2 is 1.82 bits per heavy atom. The molecule has 7 nitrogen and oxygen atoms in total. The number of hydrogen-bond acceptors (Lipinski definition) is 4. The molecule has 7 heteroatoms. The number of amides is 3. The number of nitrogens with zero attached hydrogens (tertiary/aromatic N) is 3. The van der Waals surface area contributed by atoms with Crippen LogP contribution in [0.25, 0.3) is 0 Å². The number of carbonyl (C=O) groups excluding carboxylic acids is 3. The Morgan fingerprint density at radius 1 is 1.09 bits per heavy atom. The third-order valence-electron chi connectivity index (χ3n) is 4.15. The van der Waals surface area contributed by atoms with Crippen LogP contribution >= 0.6 is 0 Å². The highest BCUT2D eigenvalue weighted by Crippen LogP contribution is 2.12. The van der Waals surface area contributed by atoms with E-state index in [0.717, 1.165) is 6.42 Å². The van der Waals surface area contributed by atoms with Crippen LogP contribution in [0.4, 0.5) is 0 Å². The zero-order chi connectivity index (χ0) is 15.5. The van der Waals surface area contributed by atoms with E-state index in [9.17, 15) is 14.4 Å². The van der Waals surface area contributed by atoms with Gasteiger partial charge in [0.15, 0.2) is 5.76 Å². The highest BCUT2D eigenvalue weighted by atomic mass is 16.3. The summed E-state index contributed by atoms with van der Waals surface area (Å²) in [6.45, 7) is 2.78. The number of carbonyl (C=O) groups is 3. The van der Waals surface area contributed by atoms with Gasteiger partial charge in [-0.2, -0.15) is 0 Å². The van der Waals surface area contributed by atoms with Crippen LogP contribution in [0.5, 0.6) is 0 Å². The van der Waals surface area contributed by atoms with Crippen LogP contribution in [-0.4, -0.2) is 71.7 Å². The van der Waals surface area contributed by atoms with Gasteiger partial charge in [0.2, 0.25) is 11.8 Å². The highest BCUT2D eigenvalue weighted by molar-refractivity contribution is 5.91. The second kappa shape index (κ2) is 6.21. The lowest BCUT2D eigenvalue weighted by Crippen LogP contribution is -2.52. The summed E-state index contributed by atoms with van der Waals surface area (Å²) < 4.78 is 5.11. The minimum atomic E-state index is -0.146. The van der Waals surface area contributed by atoms with E-state index in [-0.39, 0.29) is 24.3 Å². The maximum atomic E-state index is 12.2. The molecule has 1 aromatic heterocycles. The Morgan fingerprint density at radius 3 is 2.41 bits per heavy atom. The molecule has 2 aliphatic heterocycles. The molecule has 0 bridgehead atoms. The maximum Gasteiger partial charge on any atom is 0.289 e. The van der Waals surface area contributed by atoms with Crippen LogP contribution in [0, 0.1) is 0 Å². The zero-order valence-corrected chi connectivity index (χ0v) is 12.4. The molecule has 3 heterocycles. The molecule has 0 atom stereocenters. The molecule has 0 N–H and O–H groups in total. The topological polar surface area (TPSA) is 74.1 Å². The Balaban J connectivity index is 1.50. The van der Waals surface area contributed by atoms with Crippen LogP contribution < -0.4 is 0 Å². The minimum absolute atomic E-state index is 0.0413. The molecule has 22 heavy (non-hydrogen) atoms. The lowest BCUT2D eigenvalue weighted by molar-refractivity contribution is -0.139. The fourth-order valence-electron chi connectivity index (χ4n) is 2.85. The third-order valence-corrected chi connectivity index (χ3v) is 4.15. The van der Waals surface area contributed by atoms with Gasteiger partial charge < -0.3 is 19.1 Å². The highest BCUT2D eigenvalue weighted by Gasteiger charge is 2.28. The molecule has 3 rings (SSSR count). The monoisotopic (exact) mass is 305 g/mol. The molecule has 2 fully saturated rings.